The number of likely N-dealkylation sites (tertiary alicyclic amines) is 1. The second-order valence-corrected chi connectivity index (χ2v) is 7.82. The highest BCUT2D eigenvalue weighted by atomic mass is 35.5. The third kappa shape index (κ3) is 3.96. The van der Waals surface area contributed by atoms with Crippen LogP contribution >= 0.6 is 35.5 Å². The van der Waals surface area contributed by atoms with E-state index in [1.165, 1.54) is 22.2 Å². The lowest BCUT2D eigenvalue weighted by Gasteiger charge is -2.30. The Balaban J connectivity index is 0.00000192. The lowest BCUT2D eigenvalue weighted by atomic mass is 10.1. The largest absolute Gasteiger partial charge is 0.342 e. The highest BCUT2D eigenvalue weighted by Gasteiger charge is 2.21. The van der Waals surface area contributed by atoms with Crippen molar-refractivity contribution in [1.29, 1.82) is 0 Å². The van der Waals surface area contributed by atoms with Crippen LogP contribution < -0.4 is 5.73 Å². The van der Waals surface area contributed by atoms with E-state index in [2.05, 4.69) is 23.8 Å². The van der Waals surface area contributed by atoms with Gasteiger partial charge >= 0.3 is 0 Å². The molecule has 0 spiro atoms. The van der Waals surface area contributed by atoms with E-state index >= 15 is 0 Å². The summed E-state index contributed by atoms with van der Waals surface area (Å²) in [7, 11) is 0. The summed E-state index contributed by atoms with van der Waals surface area (Å²) >= 11 is 3.19. The summed E-state index contributed by atoms with van der Waals surface area (Å²) in [6.45, 7) is 5.74. The van der Waals surface area contributed by atoms with E-state index in [0.29, 0.717) is 5.75 Å². The van der Waals surface area contributed by atoms with Crippen molar-refractivity contribution < 1.29 is 4.79 Å². The summed E-state index contributed by atoms with van der Waals surface area (Å²) in [5.74, 6) is 0.601. The van der Waals surface area contributed by atoms with Gasteiger partial charge in [0.1, 0.15) is 16.2 Å². The summed E-state index contributed by atoms with van der Waals surface area (Å²) in [5.41, 5.74) is 7.11. The normalized spacial score (nSPS) is 15.7. The topological polar surface area (TPSA) is 72.1 Å². The van der Waals surface area contributed by atoms with Crippen LogP contribution in [-0.2, 0) is 4.79 Å². The molecule has 0 radical (unpaired) electrons. The van der Waals surface area contributed by atoms with Crippen molar-refractivity contribution in [3.8, 4) is 0 Å². The van der Waals surface area contributed by atoms with Gasteiger partial charge in [-0.2, -0.15) is 0 Å². The van der Waals surface area contributed by atoms with Gasteiger partial charge in [0.2, 0.25) is 5.91 Å². The minimum Gasteiger partial charge on any atom is -0.342 e. The number of piperidine rings is 1. The van der Waals surface area contributed by atoms with Crippen molar-refractivity contribution in [2.45, 2.75) is 37.8 Å². The molecule has 3 heterocycles. The van der Waals surface area contributed by atoms with Crippen LogP contribution in [0.5, 0.6) is 0 Å². The summed E-state index contributed by atoms with van der Waals surface area (Å²) in [6, 6.07) is 0.245. The maximum Gasteiger partial charge on any atom is 0.232 e. The molecule has 1 aliphatic heterocycles. The van der Waals surface area contributed by atoms with Crippen molar-refractivity contribution in [3.63, 3.8) is 0 Å². The molecular formula is C15H21ClN4OS2. The predicted octanol–water partition coefficient (Wildman–Crippen LogP) is 2.77. The highest BCUT2D eigenvalue weighted by molar-refractivity contribution is 8.00. The molecule has 126 valence electrons. The third-order valence-electron chi connectivity index (χ3n) is 4.16. The molecule has 0 atom stereocenters. The second-order valence-electron chi connectivity index (χ2n) is 5.65. The fraction of sp³-hybridized carbons (Fsp3) is 0.533. The molecule has 2 N–H and O–H groups in total. The average molecular weight is 373 g/mol. The molecule has 1 fully saturated rings. The molecule has 0 aliphatic carbocycles. The molecule has 2 aromatic rings. The number of nitrogens with zero attached hydrogens (tertiary/aromatic N) is 3. The van der Waals surface area contributed by atoms with Crippen molar-refractivity contribution in [1.82, 2.24) is 14.9 Å². The van der Waals surface area contributed by atoms with Crippen molar-refractivity contribution in [3.05, 3.63) is 16.8 Å². The van der Waals surface area contributed by atoms with E-state index in [0.717, 1.165) is 41.2 Å². The zero-order valence-electron chi connectivity index (χ0n) is 13.2. The Bertz CT molecular complexity index is 698. The molecule has 1 saturated heterocycles. The quantitative estimate of drug-likeness (QED) is 0.662. The molecule has 1 amide bonds. The molecule has 0 saturated carbocycles. The van der Waals surface area contributed by atoms with Crippen LogP contribution in [0.25, 0.3) is 10.2 Å². The number of halogens is 1. The standard InChI is InChI=1S/C15H20N4OS2.ClH/c1-9-10(2)22-15-13(9)14(17-8-18-15)21-7-12(20)19-5-3-11(16)4-6-19;/h8,11H,3-7,16H2,1-2H3;1H. The first kappa shape index (κ1) is 18.4. The van der Waals surface area contributed by atoms with E-state index in [1.54, 1.807) is 17.7 Å². The van der Waals surface area contributed by atoms with Gasteiger partial charge in [0.15, 0.2) is 0 Å². The molecule has 1 aliphatic rings. The summed E-state index contributed by atoms with van der Waals surface area (Å²) in [6.07, 6.45) is 3.39. The lowest BCUT2D eigenvalue weighted by molar-refractivity contribution is -0.129. The molecule has 0 aromatic carbocycles. The first-order chi connectivity index (χ1) is 10.6. The third-order valence-corrected chi connectivity index (χ3v) is 6.24. The fourth-order valence-corrected chi connectivity index (χ4v) is 4.65. The van der Waals surface area contributed by atoms with E-state index in [1.807, 2.05) is 4.90 Å². The van der Waals surface area contributed by atoms with Gasteiger partial charge in [0.05, 0.1) is 5.75 Å². The monoisotopic (exact) mass is 372 g/mol. The number of thiophene rings is 1. The van der Waals surface area contributed by atoms with Crippen LogP contribution in [0.2, 0.25) is 0 Å². The Labute approximate surface area is 150 Å². The van der Waals surface area contributed by atoms with E-state index in [4.69, 9.17) is 5.73 Å². The number of amides is 1. The Hall–Kier alpha value is -0.890. The molecule has 3 rings (SSSR count). The van der Waals surface area contributed by atoms with Crippen molar-refractivity contribution in [2.24, 2.45) is 5.73 Å². The van der Waals surface area contributed by atoms with Gasteiger partial charge in [0, 0.05) is 29.4 Å². The number of aromatic nitrogens is 2. The number of nitrogens with two attached hydrogens (primary N) is 1. The zero-order chi connectivity index (χ0) is 15.7. The fourth-order valence-electron chi connectivity index (χ4n) is 2.63. The van der Waals surface area contributed by atoms with Gasteiger partial charge in [-0.15, -0.1) is 23.7 Å². The van der Waals surface area contributed by atoms with Gasteiger partial charge in [-0.3, -0.25) is 4.79 Å². The van der Waals surface area contributed by atoms with Gasteiger partial charge in [-0.05, 0) is 32.3 Å². The molecule has 0 bridgehead atoms. The zero-order valence-corrected chi connectivity index (χ0v) is 15.7. The Morgan fingerprint density at radius 2 is 2.09 bits per heavy atom. The first-order valence-electron chi connectivity index (χ1n) is 7.43. The molecule has 23 heavy (non-hydrogen) atoms. The van der Waals surface area contributed by atoms with E-state index in [9.17, 15) is 4.79 Å². The number of thioether (sulfide) groups is 1. The minimum absolute atomic E-state index is 0. The number of carbonyl (C=O) groups is 1. The van der Waals surface area contributed by atoms with E-state index < -0.39 is 0 Å². The Morgan fingerprint density at radius 1 is 1.39 bits per heavy atom. The number of aryl methyl sites for hydroxylation is 2. The van der Waals surface area contributed by atoms with E-state index in [-0.39, 0.29) is 24.4 Å². The second kappa shape index (κ2) is 7.79. The molecule has 0 unspecified atom stereocenters. The molecule has 2 aromatic heterocycles. The van der Waals surface area contributed by atoms with Crippen LogP contribution in [0.1, 0.15) is 23.3 Å². The van der Waals surface area contributed by atoms with Crippen molar-refractivity contribution >= 4 is 51.6 Å². The summed E-state index contributed by atoms with van der Waals surface area (Å²) in [5, 5.41) is 2.01. The smallest absolute Gasteiger partial charge is 0.232 e. The predicted molar refractivity (Wildman–Crippen MR) is 98.7 cm³/mol. The van der Waals surface area contributed by atoms with Crippen molar-refractivity contribution in [2.75, 3.05) is 18.8 Å². The molecule has 5 nitrogen and oxygen atoms in total. The Kier molecular flexibility index (Phi) is 6.25. The van der Waals surface area contributed by atoms with Crippen LogP contribution in [0, 0.1) is 13.8 Å². The van der Waals surface area contributed by atoms with Gasteiger partial charge in [0.25, 0.3) is 0 Å². The molecule has 8 heteroatoms. The SMILES string of the molecule is Cc1sc2ncnc(SCC(=O)N3CCC(N)CC3)c2c1C.Cl. The lowest BCUT2D eigenvalue weighted by Crippen LogP contribution is -2.43. The van der Waals surface area contributed by atoms with Crippen LogP contribution in [0.3, 0.4) is 0 Å². The van der Waals surface area contributed by atoms with Crippen LogP contribution in [0.4, 0.5) is 0 Å². The maximum atomic E-state index is 12.3. The number of hydrogen-bond donors (Lipinski definition) is 1. The minimum atomic E-state index is 0. The highest BCUT2D eigenvalue weighted by Crippen LogP contribution is 2.34. The summed E-state index contributed by atoms with van der Waals surface area (Å²) < 4.78 is 0. The number of carbonyl (C=O) groups excluding carboxylic acids is 1. The molecular weight excluding hydrogens is 352 g/mol. The van der Waals surface area contributed by atoms with Gasteiger partial charge in [-0.1, -0.05) is 11.8 Å². The number of fused-ring (bicyclic) bond motifs is 1. The number of hydrogen-bond acceptors (Lipinski definition) is 6. The first-order valence-corrected chi connectivity index (χ1v) is 9.23. The Morgan fingerprint density at radius 3 is 2.78 bits per heavy atom. The average Bonchev–Trinajstić information content (AvgIpc) is 2.81. The van der Waals surface area contributed by atoms with Gasteiger partial charge < -0.3 is 10.6 Å². The summed E-state index contributed by atoms with van der Waals surface area (Å²) in [4.78, 5) is 25.2. The van der Waals surface area contributed by atoms with Crippen LogP contribution in [-0.4, -0.2) is 45.7 Å². The number of rotatable bonds is 3. The van der Waals surface area contributed by atoms with Crippen LogP contribution in [0.15, 0.2) is 11.4 Å². The van der Waals surface area contributed by atoms with Gasteiger partial charge in [-0.25, -0.2) is 9.97 Å². The maximum absolute atomic E-state index is 12.3.